The molecule has 2 rings (SSSR count). The van der Waals surface area contributed by atoms with Gasteiger partial charge in [-0.25, -0.2) is 0 Å². The maximum atomic E-state index is 4.57. The number of hydrogen-bond donors (Lipinski definition) is 0. The third kappa shape index (κ3) is 1.82. The molecule has 0 spiro atoms. The van der Waals surface area contributed by atoms with Gasteiger partial charge in [-0.05, 0) is 12.5 Å². The van der Waals surface area contributed by atoms with Gasteiger partial charge in [0.2, 0.25) is 0 Å². The van der Waals surface area contributed by atoms with Crippen molar-refractivity contribution in [1.29, 1.82) is 0 Å². The predicted molar refractivity (Wildman–Crippen MR) is 61.8 cm³/mol. The SMILES string of the molecule is Cc1cccc2c1=NCN(CCBr)C=2. The van der Waals surface area contributed by atoms with Crippen LogP contribution in [0.25, 0.3) is 6.20 Å². The third-order valence-corrected chi connectivity index (χ3v) is 2.73. The highest BCUT2D eigenvalue weighted by Gasteiger charge is 2.03. The van der Waals surface area contributed by atoms with Crippen LogP contribution in [0.3, 0.4) is 0 Å². The number of rotatable bonds is 2. The van der Waals surface area contributed by atoms with Gasteiger partial charge in [0.15, 0.2) is 0 Å². The predicted octanol–water partition coefficient (Wildman–Crippen LogP) is 1.02. The summed E-state index contributed by atoms with van der Waals surface area (Å²) >= 11 is 3.44. The van der Waals surface area contributed by atoms with Gasteiger partial charge in [0.05, 0.1) is 5.36 Å². The van der Waals surface area contributed by atoms with E-state index in [0.29, 0.717) is 0 Å². The van der Waals surface area contributed by atoms with E-state index in [1.54, 1.807) is 0 Å². The normalized spacial score (nSPS) is 14.3. The molecule has 0 aliphatic carbocycles. The average Bonchev–Trinajstić information content (AvgIpc) is 2.18. The zero-order chi connectivity index (χ0) is 9.97. The van der Waals surface area contributed by atoms with E-state index in [1.165, 1.54) is 10.8 Å². The Morgan fingerprint density at radius 3 is 3.14 bits per heavy atom. The zero-order valence-electron chi connectivity index (χ0n) is 8.20. The molecule has 0 saturated heterocycles. The first-order valence-corrected chi connectivity index (χ1v) is 5.85. The van der Waals surface area contributed by atoms with Crippen LogP contribution < -0.4 is 10.6 Å². The molecule has 74 valence electrons. The first-order chi connectivity index (χ1) is 6.81. The highest BCUT2D eigenvalue weighted by Crippen LogP contribution is 1.96. The van der Waals surface area contributed by atoms with Crippen LogP contribution in [0.1, 0.15) is 5.56 Å². The lowest BCUT2D eigenvalue weighted by atomic mass is 10.2. The molecular formula is C11H13BrN2. The lowest BCUT2D eigenvalue weighted by Gasteiger charge is -2.19. The molecule has 0 fully saturated rings. The highest BCUT2D eigenvalue weighted by molar-refractivity contribution is 9.09. The molecule has 14 heavy (non-hydrogen) atoms. The van der Waals surface area contributed by atoms with Gasteiger partial charge in [0.25, 0.3) is 0 Å². The first kappa shape index (κ1) is 9.71. The maximum absolute atomic E-state index is 4.57. The molecule has 1 aliphatic heterocycles. The summed E-state index contributed by atoms with van der Waals surface area (Å²) in [6.07, 6.45) is 2.19. The number of hydrogen-bond acceptors (Lipinski definition) is 2. The molecule has 0 saturated carbocycles. The molecule has 2 nitrogen and oxygen atoms in total. The largest absolute Gasteiger partial charge is 0.357 e. The molecular weight excluding hydrogens is 240 g/mol. The number of nitrogens with zero attached hydrogens (tertiary/aromatic N) is 2. The third-order valence-electron chi connectivity index (χ3n) is 2.37. The minimum Gasteiger partial charge on any atom is -0.357 e. The lowest BCUT2D eigenvalue weighted by molar-refractivity contribution is 0.439. The fraction of sp³-hybridized carbons (Fsp3) is 0.364. The van der Waals surface area contributed by atoms with E-state index < -0.39 is 0 Å². The van der Waals surface area contributed by atoms with Crippen LogP contribution in [0.5, 0.6) is 0 Å². The second-order valence-corrected chi connectivity index (χ2v) is 4.24. The second kappa shape index (κ2) is 4.13. The van der Waals surface area contributed by atoms with Crippen LogP contribution in [0.15, 0.2) is 23.2 Å². The summed E-state index contributed by atoms with van der Waals surface area (Å²) in [6.45, 7) is 3.90. The Kier molecular flexibility index (Phi) is 2.87. The number of para-hydroxylation sites is 1. The summed E-state index contributed by atoms with van der Waals surface area (Å²) in [6, 6.07) is 6.31. The fourth-order valence-electron chi connectivity index (χ4n) is 1.64. The summed E-state index contributed by atoms with van der Waals surface area (Å²) in [5.41, 5.74) is 1.26. The first-order valence-electron chi connectivity index (χ1n) is 4.73. The van der Waals surface area contributed by atoms with Gasteiger partial charge >= 0.3 is 0 Å². The van der Waals surface area contributed by atoms with E-state index in [-0.39, 0.29) is 0 Å². The average molecular weight is 253 g/mol. The second-order valence-electron chi connectivity index (χ2n) is 3.44. The van der Waals surface area contributed by atoms with Crippen molar-refractivity contribution in [3.05, 3.63) is 34.3 Å². The summed E-state index contributed by atoms with van der Waals surface area (Å²) in [4.78, 5) is 6.79. The van der Waals surface area contributed by atoms with Gasteiger partial charge in [0, 0.05) is 23.3 Å². The Labute approximate surface area is 92.1 Å². The van der Waals surface area contributed by atoms with Crippen molar-refractivity contribution in [2.45, 2.75) is 6.92 Å². The zero-order valence-corrected chi connectivity index (χ0v) is 9.79. The molecule has 3 heteroatoms. The molecule has 0 amide bonds. The quantitative estimate of drug-likeness (QED) is 0.718. The van der Waals surface area contributed by atoms with E-state index in [2.05, 4.69) is 57.1 Å². The van der Waals surface area contributed by atoms with Crippen LogP contribution in [0.4, 0.5) is 0 Å². The van der Waals surface area contributed by atoms with E-state index in [0.717, 1.165) is 23.9 Å². The standard InChI is InChI=1S/C11H13BrN2/c1-9-3-2-4-10-7-14(6-5-12)8-13-11(9)10/h2-4,7H,5-6,8H2,1H3. The van der Waals surface area contributed by atoms with Crippen molar-refractivity contribution in [2.24, 2.45) is 4.99 Å². The summed E-state index contributed by atoms with van der Waals surface area (Å²) in [5, 5.41) is 3.37. The minimum atomic E-state index is 0.781. The van der Waals surface area contributed by atoms with E-state index in [4.69, 9.17) is 0 Å². The maximum Gasteiger partial charge on any atom is 0.110 e. The molecule has 0 atom stereocenters. The van der Waals surface area contributed by atoms with Crippen LogP contribution in [-0.2, 0) is 0 Å². The van der Waals surface area contributed by atoms with E-state index >= 15 is 0 Å². The van der Waals surface area contributed by atoms with Crippen molar-refractivity contribution in [2.75, 3.05) is 18.5 Å². The van der Waals surface area contributed by atoms with Crippen LogP contribution in [0.2, 0.25) is 0 Å². The van der Waals surface area contributed by atoms with Gasteiger partial charge in [-0.15, -0.1) is 0 Å². The number of halogens is 1. The number of aryl methyl sites for hydroxylation is 1. The van der Waals surface area contributed by atoms with Crippen molar-refractivity contribution in [1.82, 2.24) is 4.90 Å². The van der Waals surface area contributed by atoms with E-state index in [1.807, 2.05) is 0 Å². The Hall–Kier alpha value is -0.830. The molecule has 0 N–H and O–H groups in total. The topological polar surface area (TPSA) is 15.6 Å². The molecule has 0 bridgehead atoms. The van der Waals surface area contributed by atoms with Crippen molar-refractivity contribution < 1.29 is 0 Å². The van der Waals surface area contributed by atoms with Crippen molar-refractivity contribution in [3.63, 3.8) is 0 Å². The molecule has 0 unspecified atom stereocenters. The van der Waals surface area contributed by atoms with Crippen LogP contribution in [-0.4, -0.2) is 23.4 Å². The number of fused-ring (bicyclic) bond motifs is 1. The van der Waals surface area contributed by atoms with Gasteiger partial charge in [0.1, 0.15) is 6.67 Å². The highest BCUT2D eigenvalue weighted by atomic mass is 79.9. The monoisotopic (exact) mass is 252 g/mol. The Morgan fingerprint density at radius 2 is 2.36 bits per heavy atom. The lowest BCUT2D eigenvalue weighted by Crippen LogP contribution is -2.37. The molecule has 0 aromatic heterocycles. The number of alkyl halides is 1. The van der Waals surface area contributed by atoms with Gasteiger partial charge in [-0.1, -0.05) is 34.1 Å². The van der Waals surface area contributed by atoms with Crippen LogP contribution in [0, 0.1) is 6.92 Å². The van der Waals surface area contributed by atoms with Gasteiger partial charge < -0.3 is 4.90 Å². The molecule has 1 aromatic carbocycles. The fourth-order valence-corrected chi connectivity index (χ4v) is 2.10. The Morgan fingerprint density at radius 1 is 1.50 bits per heavy atom. The van der Waals surface area contributed by atoms with Gasteiger partial charge in [-0.3, -0.25) is 4.99 Å². The van der Waals surface area contributed by atoms with Crippen molar-refractivity contribution in [3.8, 4) is 0 Å². The van der Waals surface area contributed by atoms with Gasteiger partial charge in [-0.2, -0.15) is 0 Å². The number of benzene rings is 1. The van der Waals surface area contributed by atoms with Crippen LogP contribution >= 0.6 is 15.9 Å². The molecule has 1 heterocycles. The Balaban J connectivity index is 2.45. The van der Waals surface area contributed by atoms with Crippen molar-refractivity contribution >= 4 is 22.1 Å². The summed E-state index contributed by atoms with van der Waals surface area (Å²) < 4.78 is 0. The molecule has 1 aliphatic rings. The summed E-state index contributed by atoms with van der Waals surface area (Å²) in [5.74, 6) is 0. The molecule has 0 radical (unpaired) electrons. The summed E-state index contributed by atoms with van der Waals surface area (Å²) in [7, 11) is 0. The van der Waals surface area contributed by atoms with E-state index in [9.17, 15) is 0 Å². The molecule has 1 aromatic rings. The minimum absolute atomic E-state index is 0.781. The smallest absolute Gasteiger partial charge is 0.110 e. The Bertz CT molecular complexity index is 439.